The summed E-state index contributed by atoms with van der Waals surface area (Å²) < 4.78 is 47.4. The third-order valence-electron chi connectivity index (χ3n) is 6.73. The van der Waals surface area contributed by atoms with Gasteiger partial charge in [0.05, 0.1) is 30.0 Å². The number of carboxylic acid groups (broad SMARTS) is 1. The highest BCUT2D eigenvalue weighted by Crippen LogP contribution is 2.43. The van der Waals surface area contributed by atoms with Crippen molar-refractivity contribution in [3.63, 3.8) is 0 Å². The molecule has 194 valence electrons. The number of halogens is 1. The Hall–Kier alpha value is -3.49. The number of methoxy groups -OCH3 is 1. The quantitative estimate of drug-likeness (QED) is 0.373. The molecule has 1 aliphatic carbocycles. The molecule has 0 unspecified atom stereocenters. The molecule has 0 aliphatic heterocycles. The Bertz CT molecular complexity index is 1500. The number of hydrogen-bond acceptors (Lipinski definition) is 7. The molecule has 0 atom stereocenters. The minimum Gasteiger partial charge on any atom is -0.495 e. The van der Waals surface area contributed by atoms with Crippen LogP contribution in [-0.4, -0.2) is 31.6 Å². The van der Waals surface area contributed by atoms with Crippen molar-refractivity contribution < 1.29 is 27.4 Å². The van der Waals surface area contributed by atoms with E-state index in [0.717, 1.165) is 54.7 Å². The largest absolute Gasteiger partial charge is 0.495 e. The number of anilines is 1. The molecular weight excluding hydrogens is 517 g/mol. The highest BCUT2D eigenvalue weighted by molar-refractivity contribution is 7.92. The van der Waals surface area contributed by atoms with E-state index < -0.39 is 27.4 Å². The maximum Gasteiger partial charge on any atom is 0.338 e. The molecule has 1 heterocycles. The van der Waals surface area contributed by atoms with Crippen LogP contribution < -0.4 is 9.46 Å². The number of carbonyl (C=O) groups is 1. The van der Waals surface area contributed by atoms with Gasteiger partial charge in [0.2, 0.25) is 0 Å². The summed E-state index contributed by atoms with van der Waals surface area (Å²) in [6.07, 6.45) is 4.35. The summed E-state index contributed by atoms with van der Waals surface area (Å²) in [6, 6.07) is 9.50. The van der Waals surface area contributed by atoms with Gasteiger partial charge >= 0.3 is 5.97 Å². The lowest BCUT2D eigenvalue weighted by Gasteiger charge is -2.34. The zero-order valence-corrected chi connectivity index (χ0v) is 22.2. The van der Waals surface area contributed by atoms with E-state index in [4.69, 9.17) is 9.84 Å². The fourth-order valence-electron chi connectivity index (χ4n) is 4.50. The molecule has 1 fully saturated rings. The molecular formula is C26H26FN3O5S2. The van der Waals surface area contributed by atoms with Gasteiger partial charge in [-0.2, -0.15) is 13.7 Å². The molecule has 1 saturated carbocycles. The van der Waals surface area contributed by atoms with Crippen molar-refractivity contribution in [1.82, 2.24) is 4.98 Å². The van der Waals surface area contributed by atoms with E-state index in [1.54, 1.807) is 6.07 Å². The van der Waals surface area contributed by atoms with Crippen LogP contribution in [-0.2, 0) is 10.0 Å². The second-order valence-electron chi connectivity index (χ2n) is 9.79. The van der Waals surface area contributed by atoms with E-state index >= 15 is 0 Å². The topological polar surface area (TPSA) is 129 Å². The lowest BCUT2D eigenvalue weighted by Crippen LogP contribution is -2.20. The number of sulfonamides is 1. The lowest BCUT2D eigenvalue weighted by atomic mass is 9.71. The summed E-state index contributed by atoms with van der Waals surface area (Å²) in [5.41, 5.74) is 1.46. The number of aromatic nitrogens is 1. The van der Waals surface area contributed by atoms with Gasteiger partial charge in [-0.1, -0.05) is 26.0 Å². The number of hydrogen-bond donors (Lipinski definition) is 2. The first kappa shape index (κ1) is 26.6. The maximum absolute atomic E-state index is 14.2. The summed E-state index contributed by atoms with van der Waals surface area (Å²) >= 11 is 1.07. The number of aromatic carboxylic acids is 1. The summed E-state index contributed by atoms with van der Waals surface area (Å²) in [7, 11) is -3.06. The Morgan fingerprint density at radius 2 is 1.97 bits per heavy atom. The summed E-state index contributed by atoms with van der Waals surface area (Å²) in [5, 5.41) is 20.2. The smallest absolute Gasteiger partial charge is 0.338 e. The highest BCUT2D eigenvalue weighted by atomic mass is 32.2. The molecule has 37 heavy (non-hydrogen) atoms. The molecule has 3 aromatic rings. The number of carboxylic acids is 1. The van der Waals surface area contributed by atoms with Gasteiger partial charge in [0, 0.05) is 17.0 Å². The van der Waals surface area contributed by atoms with Gasteiger partial charge in [0.1, 0.15) is 16.6 Å². The first-order valence-electron chi connectivity index (χ1n) is 11.6. The first-order valence-corrected chi connectivity index (χ1v) is 13.9. The number of nitrogens with one attached hydrogen (secondary N) is 1. The van der Waals surface area contributed by atoms with Crippen molar-refractivity contribution in [2.24, 2.45) is 5.41 Å². The molecule has 2 aromatic carbocycles. The molecule has 0 bridgehead atoms. The van der Waals surface area contributed by atoms with Crippen molar-refractivity contribution in [2.45, 2.75) is 50.5 Å². The molecule has 4 rings (SSSR count). The SMILES string of the molecule is COc1cc(C(=O)O)c(F)cc1NS(=O)(=O)c1csc(-c2ccc(C3CCC(C)(C)CC3)cc2C#N)n1. The van der Waals surface area contributed by atoms with Crippen LogP contribution in [0.3, 0.4) is 0 Å². The van der Waals surface area contributed by atoms with Crippen LogP contribution >= 0.6 is 11.3 Å². The second kappa shape index (κ2) is 10.1. The van der Waals surface area contributed by atoms with Gasteiger partial charge in [0.15, 0.2) is 5.03 Å². The second-order valence-corrected chi connectivity index (χ2v) is 12.3. The molecule has 8 nitrogen and oxygen atoms in total. The Labute approximate surface area is 218 Å². The Morgan fingerprint density at radius 3 is 2.59 bits per heavy atom. The van der Waals surface area contributed by atoms with E-state index in [-0.39, 0.29) is 16.5 Å². The van der Waals surface area contributed by atoms with Crippen LogP contribution in [0.25, 0.3) is 10.6 Å². The fraction of sp³-hybridized carbons (Fsp3) is 0.346. The third-order valence-corrected chi connectivity index (χ3v) is 9.00. The molecule has 11 heteroatoms. The molecule has 0 amide bonds. The Morgan fingerprint density at radius 1 is 1.27 bits per heavy atom. The van der Waals surface area contributed by atoms with Crippen LogP contribution in [0.4, 0.5) is 10.1 Å². The van der Waals surface area contributed by atoms with Crippen molar-refractivity contribution in [3.05, 3.63) is 58.2 Å². The van der Waals surface area contributed by atoms with E-state index in [2.05, 4.69) is 29.6 Å². The normalized spacial score (nSPS) is 15.6. The zero-order valence-electron chi connectivity index (χ0n) is 20.5. The lowest BCUT2D eigenvalue weighted by molar-refractivity contribution is 0.0691. The number of nitriles is 1. The average molecular weight is 544 g/mol. The summed E-state index contributed by atoms with van der Waals surface area (Å²) in [4.78, 5) is 15.4. The van der Waals surface area contributed by atoms with Crippen molar-refractivity contribution in [1.29, 1.82) is 5.26 Å². The molecule has 0 spiro atoms. The van der Waals surface area contributed by atoms with Gasteiger partial charge in [-0.15, -0.1) is 11.3 Å². The average Bonchev–Trinajstić information content (AvgIpc) is 3.34. The summed E-state index contributed by atoms with van der Waals surface area (Å²) in [6.45, 7) is 4.54. The van der Waals surface area contributed by atoms with Crippen LogP contribution in [0.5, 0.6) is 5.75 Å². The third kappa shape index (κ3) is 5.60. The van der Waals surface area contributed by atoms with E-state index in [1.807, 2.05) is 12.1 Å². The standard InChI is InChI=1S/C26H26FN3O5S2/c1-26(2)8-6-15(7-9-26)16-4-5-18(17(10-16)13-28)24-29-23(14-36-24)37(33,34)30-21-12-20(27)19(25(31)32)11-22(21)35-3/h4-5,10-12,14-15,30H,6-9H2,1-3H3,(H,31,32). The van der Waals surface area contributed by atoms with Gasteiger partial charge < -0.3 is 9.84 Å². The van der Waals surface area contributed by atoms with Crippen LogP contribution in [0.2, 0.25) is 0 Å². The van der Waals surface area contributed by atoms with Crippen molar-refractivity contribution in [3.8, 4) is 22.4 Å². The number of benzene rings is 2. The highest BCUT2D eigenvalue weighted by Gasteiger charge is 2.28. The number of ether oxygens (including phenoxy) is 1. The summed E-state index contributed by atoms with van der Waals surface area (Å²) in [5.74, 6) is -2.41. The Kier molecular flexibility index (Phi) is 7.26. The number of rotatable bonds is 7. The van der Waals surface area contributed by atoms with Crippen LogP contribution in [0, 0.1) is 22.6 Å². The molecule has 1 aliphatic rings. The number of nitrogens with zero attached hydrogens (tertiary/aromatic N) is 2. The Balaban J connectivity index is 1.60. The monoisotopic (exact) mass is 543 g/mol. The van der Waals surface area contributed by atoms with Gasteiger partial charge in [-0.3, -0.25) is 4.72 Å². The van der Waals surface area contributed by atoms with Crippen LogP contribution in [0.1, 0.15) is 66.9 Å². The van der Waals surface area contributed by atoms with E-state index in [9.17, 15) is 22.9 Å². The fourth-order valence-corrected chi connectivity index (χ4v) is 6.69. The van der Waals surface area contributed by atoms with Gasteiger partial charge in [-0.05, 0) is 54.7 Å². The first-order chi connectivity index (χ1) is 17.4. The molecule has 1 aromatic heterocycles. The van der Waals surface area contributed by atoms with Gasteiger partial charge in [-0.25, -0.2) is 14.2 Å². The zero-order chi connectivity index (χ0) is 27.0. The van der Waals surface area contributed by atoms with E-state index in [0.29, 0.717) is 27.5 Å². The predicted octanol–water partition coefficient (Wildman–Crippen LogP) is 6.01. The number of thiazole rings is 1. The van der Waals surface area contributed by atoms with E-state index in [1.165, 1.54) is 12.5 Å². The van der Waals surface area contributed by atoms with Crippen molar-refractivity contribution >= 4 is 33.0 Å². The molecule has 0 saturated heterocycles. The minimum atomic E-state index is -4.27. The molecule has 0 radical (unpaired) electrons. The maximum atomic E-state index is 14.2. The minimum absolute atomic E-state index is 0.161. The van der Waals surface area contributed by atoms with Crippen LogP contribution in [0.15, 0.2) is 40.7 Å². The molecule has 2 N–H and O–H groups in total. The van der Waals surface area contributed by atoms with Gasteiger partial charge in [0.25, 0.3) is 10.0 Å². The van der Waals surface area contributed by atoms with Crippen molar-refractivity contribution in [2.75, 3.05) is 11.8 Å². The predicted molar refractivity (Wildman–Crippen MR) is 138 cm³/mol.